The fraction of sp³-hybridized carbons (Fsp3) is 0.562. The summed E-state index contributed by atoms with van der Waals surface area (Å²) in [6.07, 6.45) is 4.99. The lowest BCUT2D eigenvalue weighted by Gasteiger charge is -2.33. The van der Waals surface area contributed by atoms with E-state index < -0.39 is 0 Å². The third-order valence-electron chi connectivity index (χ3n) is 5.17. The number of nitrogens with two attached hydrogens (primary N) is 1. The van der Waals surface area contributed by atoms with Crippen LogP contribution in [-0.4, -0.2) is 18.2 Å². The number of hydrogen-bond donors (Lipinski definition) is 1. The number of carbonyl (C=O) groups excluding carboxylic acids is 1. The van der Waals surface area contributed by atoms with Gasteiger partial charge in [-0.05, 0) is 49.3 Å². The Morgan fingerprint density at radius 2 is 2.20 bits per heavy atom. The van der Waals surface area contributed by atoms with E-state index in [1.54, 1.807) is 0 Å². The van der Waals surface area contributed by atoms with E-state index in [1.165, 1.54) is 24.2 Å². The van der Waals surface area contributed by atoms with Gasteiger partial charge >= 0.3 is 0 Å². The minimum absolute atomic E-state index is 0.270. The van der Waals surface area contributed by atoms with E-state index in [2.05, 4.69) is 6.07 Å². The smallest absolute Gasteiger partial charge is 0.230 e. The van der Waals surface area contributed by atoms with E-state index in [4.69, 9.17) is 5.73 Å². The molecule has 3 atom stereocenters. The van der Waals surface area contributed by atoms with Crippen molar-refractivity contribution in [1.82, 2.24) is 0 Å². The van der Waals surface area contributed by atoms with Gasteiger partial charge in [-0.3, -0.25) is 4.79 Å². The first-order valence-corrected chi connectivity index (χ1v) is 8.54. The summed E-state index contributed by atoms with van der Waals surface area (Å²) in [5.74, 6) is 3.07. The van der Waals surface area contributed by atoms with Crippen LogP contribution in [0.1, 0.15) is 25.7 Å². The highest BCUT2D eigenvalue weighted by atomic mass is 32.2. The molecule has 106 valence electrons. The van der Waals surface area contributed by atoms with Crippen LogP contribution in [0.3, 0.4) is 0 Å². The summed E-state index contributed by atoms with van der Waals surface area (Å²) in [5, 5.41) is 0. The van der Waals surface area contributed by atoms with Crippen LogP contribution in [0.5, 0.6) is 0 Å². The SMILES string of the molecule is Nc1ccc2c(c1)N(C(=O)C1CC3CCC1C3)CCS2. The summed E-state index contributed by atoms with van der Waals surface area (Å²) < 4.78 is 0. The van der Waals surface area contributed by atoms with Crippen molar-refractivity contribution >= 4 is 29.0 Å². The second-order valence-electron chi connectivity index (χ2n) is 6.35. The maximum Gasteiger partial charge on any atom is 0.230 e. The highest BCUT2D eigenvalue weighted by Crippen LogP contribution is 2.49. The molecule has 2 N–H and O–H groups in total. The van der Waals surface area contributed by atoms with Crippen molar-refractivity contribution in [2.75, 3.05) is 22.9 Å². The van der Waals surface area contributed by atoms with Gasteiger partial charge in [0.25, 0.3) is 0 Å². The standard InChI is InChI=1S/C16H20N2OS/c17-12-3-4-15-14(9-12)18(5-6-20-15)16(19)13-8-10-1-2-11(13)7-10/h3-4,9-11,13H,1-2,5-8,17H2. The van der Waals surface area contributed by atoms with Crippen LogP contribution in [0.25, 0.3) is 0 Å². The zero-order chi connectivity index (χ0) is 13.7. The molecule has 2 bridgehead atoms. The van der Waals surface area contributed by atoms with Crippen LogP contribution in [0.4, 0.5) is 11.4 Å². The van der Waals surface area contributed by atoms with Crippen LogP contribution in [0, 0.1) is 17.8 Å². The van der Waals surface area contributed by atoms with Gasteiger partial charge in [0.15, 0.2) is 0 Å². The number of carbonyl (C=O) groups is 1. The van der Waals surface area contributed by atoms with E-state index in [1.807, 2.05) is 28.8 Å². The number of benzene rings is 1. The molecule has 1 amide bonds. The molecule has 20 heavy (non-hydrogen) atoms. The van der Waals surface area contributed by atoms with Crippen molar-refractivity contribution in [3.8, 4) is 0 Å². The molecule has 3 nitrogen and oxygen atoms in total. The first-order valence-electron chi connectivity index (χ1n) is 7.56. The van der Waals surface area contributed by atoms with E-state index >= 15 is 0 Å². The third-order valence-corrected chi connectivity index (χ3v) is 6.21. The van der Waals surface area contributed by atoms with Gasteiger partial charge in [-0.25, -0.2) is 0 Å². The molecule has 0 spiro atoms. The predicted octanol–water partition coefficient (Wildman–Crippen LogP) is 3.14. The van der Waals surface area contributed by atoms with Gasteiger partial charge in [-0.2, -0.15) is 0 Å². The van der Waals surface area contributed by atoms with Crippen LogP contribution in [-0.2, 0) is 4.79 Å². The van der Waals surface area contributed by atoms with Gasteiger partial charge in [0.05, 0.1) is 5.69 Å². The highest BCUT2D eigenvalue weighted by molar-refractivity contribution is 7.99. The average molecular weight is 288 g/mol. The molecule has 3 aliphatic rings. The maximum absolute atomic E-state index is 12.9. The largest absolute Gasteiger partial charge is 0.399 e. The van der Waals surface area contributed by atoms with Gasteiger partial charge < -0.3 is 10.6 Å². The number of amides is 1. The van der Waals surface area contributed by atoms with Crippen molar-refractivity contribution in [3.63, 3.8) is 0 Å². The lowest BCUT2D eigenvalue weighted by atomic mass is 9.87. The van der Waals surface area contributed by atoms with E-state index in [-0.39, 0.29) is 5.92 Å². The molecular weight excluding hydrogens is 268 g/mol. The Hall–Kier alpha value is -1.16. The monoisotopic (exact) mass is 288 g/mol. The number of anilines is 2. The zero-order valence-electron chi connectivity index (χ0n) is 11.5. The summed E-state index contributed by atoms with van der Waals surface area (Å²) in [4.78, 5) is 16.1. The van der Waals surface area contributed by atoms with Crippen LogP contribution in [0.2, 0.25) is 0 Å². The van der Waals surface area contributed by atoms with Crippen LogP contribution in [0.15, 0.2) is 23.1 Å². The molecule has 1 aromatic carbocycles. The number of nitrogen functional groups attached to an aromatic ring is 1. The highest BCUT2D eigenvalue weighted by Gasteiger charge is 2.45. The predicted molar refractivity (Wildman–Crippen MR) is 82.9 cm³/mol. The minimum Gasteiger partial charge on any atom is -0.399 e. The van der Waals surface area contributed by atoms with Gasteiger partial charge in [-0.15, -0.1) is 11.8 Å². The van der Waals surface area contributed by atoms with Crippen molar-refractivity contribution < 1.29 is 4.79 Å². The Bertz CT molecular complexity index is 559. The second-order valence-corrected chi connectivity index (χ2v) is 7.48. The molecule has 2 fully saturated rings. The van der Waals surface area contributed by atoms with Crippen molar-refractivity contribution in [3.05, 3.63) is 18.2 Å². The van der Waals surface area contributed by atoms with E-state index in [0.717, 1.165) is 36.0 Å². The van der Waals surface area contributed by atoms with Gasteiger partial charge in [0.1, 0.15) is 0 Å². The summed E-state index contributed by atoms with van der Waals surface area (Å²) in [6.45, 7) is 0.827. The lowest BCUT2D eigenvalue weighted by molar-refractivity contribution is -0.123. The molecule has 0 radical (unpaired) electrons. The Labute approximate surface area is 123 Å². The molecule has 1 aromatic rings. The molecule has 0 saturated heterocycles. The Morgan fingerprint density at radius 3 is 2.95 bits per heavy atom. The van der Waals surface area contributed by atoms with E-state index in [0.29, 0.717) is 11.8 Å². The molecule has 3 unspecified atom stereocenters. The fourth-order valence-corrected chi connectivity index (χ4v) is 5.19. The average Bonchev–Trinajstić information content (AvgIpc) is 3.08. The number of rotatable bonds is 1. The molecule has 4 heteroatoms. The zero-order valence-corrected chi connectivity index (χ0v) is 12.4. The molecule has 4 rings (SSSR count). The molecular formula is C16H20N2OS. The Balaban J connectivity index is 1.63. The Morgan fingerprint density at radius 1 is 1.30 bits per heavy atom. The summed E-state index contributed by atoms with van der Waals surface area (Å²) in [5.41, 5.74) is 7.69. The quantitative estimate of drug-likeness (QED) is 0.808. The second kappa shape index (κ2) is 4.69. The molecule has 1 aliphatic heterocycles. The number of nitrogens with zero attached hydrogens (tertiary/aromatic N) is 1. The first kappa shape index (κ1) is 12.6. The normalized spacial score (nSPS) is 31.4. The lowest BCUT2D eigenvalue weighted by Crippen LogP contribution is -2.41. The third kappa shape index (κ3) is 1.93. The summed E-state index contributed by atoms with van der Waals surface area (Å²) in [7, 11) is 0. The molecule has 1 heterocycles. The summed E-state index contributed by atoms with van der Waals surface area (Å²) >= 11 is 1.83. The van der Waals surface area contributed by atoms with Crippen LogP contribution < -0.4 is 10.6 Å². The van der Waals surface area contributed by atoms with Gasteiger partial charge in [-0.1, -0.05) is 6.42 Å². The van der Waals surface area contributed by atoms with Crippen LogP contribution >= 0.6 is 11.8 Å². The molecule has 2 saturated carbocycles. The fourth-order valence-electron chi connectivity index (χ4n) is 4.21. The van der Waals surface area contributed by atoms with E-state index in [9.17, 15) is 4.79 Å². The topological polar surface area (TPSA) is 46.3 Å². The number of hydrogen-bond acceptors (Lipinski definition) is 3. The Kier molecular flexibility index (Phi) is 2.95. The van der Waals surface area contributed by atoms with Gasteiger partial charge in [0, 0.05) is 28.8 Å². The van der Waals surface area contributed by atoms with Crippen molar-refractivity contribution in [2.24, 2.45) is 17.8 Å². The number of fused-ring (bicyclic) bond motifs is 3. The minimum atomic E-state index is 0.270. The van der Waals surface area contributed by atoms with Gasteiger partial charge in [0.2, 0.25) is 5.91 Å². The molecule has 2 aliphatic carbocycles. The van der Waals surface area contributed by atoms with Crippen molar-refractivity contribution in [1.29, 1.82) is 0 Å². The number of thioether (sulfide) groups is 1. The molecule has 0 aromatic heterocycles. The van der Waals surface area contributed by atoms with Crippen molar-refractivity contribution in [2.45, 2.75) is 30.6 Å². The maximum atomic E-state index is 12.9. The first-order chi connectivity index (χ1) is 9.72. The summed E-state index contributed by atoms with van der Waals surface area (Å²) in [6, 6.07) is 5.94.